The molecule has 0 rings (SSSR count). The Morgan fingerprint density at radius 2 is 0.913 bits per heavy atom. The average Bonchev–Trinajstić information content (AvgIpc) is 2.56. The summed E-state index contributed by atoms with van der Waals surface area (Å²) in [5, 5.41) is 3.79. The summed E-state index contributed by atoms with van der Waals surface area (Å²) in [5.74, 6) is -1.02. The second-order valence-electron chi connectivity index (χ2n) is 5.61. The van der Waals surface area contributed by atoms with Crippen LogP contribution in [0.2, 0.25) is 0 Å². The molecule has 0 fully saturated rings. The first kappa shape index (κ1) is 22.8. The molecule has 0 aromatic rings. The first-order chi connectivity index (χ1) is 11.0. The Balaban J connectivity index is 5.82. The molecule has 0 saturated carbocycles. The number of hydrogen-bond acceptors (Lipinski definition) is 5. The topological polar surface area (TPSA) is 37.0 Å². The molecule has 0 aromatic heterocycles. The molecule has 0 aliphatic rings. The van der Waals surface area contributed by atoms with E-state index in [-0.39, 0.29) is 0 Å². The van der Waals surface area contributed by atoms with Crippen LogP contribution in [0.25, 0.3) is 0 Å². The van der Waals surface area contributed by atoms with Crippen LogP contribution in [-0.2, 0) is 9.47 Å². The van der Waals surface area contributed by atoms with E-state index in [9.17, 15) is 0 Å². The summed E-state index contributed by atoms with van der Waals surface area (Å²) >= 11 is 0. The summed E-state index contributed by atoms with van der Waals surface area (Å²) in [6.07, 6.45) is 1.72. The summed E-state index contributed by atoms with van der Waals surface area (Å²) in [6.45, 7) is 22.3. The molecule has 0 aliphatic carbocycles. The van der Waals surface area contributed by atoms with Crippen LogP contribution in [-0.4, -0.2) is 60.9 Å². The number of nitrogens with one attached hydrogen (secondary N) is 1. The van der Waals surface area contributed by atoms with Crippen molar-refractivity contribution in [2.75, 3.05) is 39.4 Å². The zero-order chi connectivity index (χ0) is 17.9. The van der Waals surface area contributed by atoms with E-state index in [1.807, 2.05) is 0 Å². The lowest BCUT2D eigenvalue weighted by Crippen LogP contribution is -2.72. The Hall–Kier alpha value is -0.200. The number of rotatable bonds is 14. The van der Waals surface area contributed by atoms with Gasteiger partial charge in [-0.05, 0) is 40.0 Å². The Labute approximate surface area is 144 Å². The molecule has 0 aromatic carbocycles. The van der Waals surface area contributed by atoms with Gasteiger partial charge in [-0.15, -0.1) is 0 Å². The highest BCUT2D eigenvalue weighted by Gasteiger charge is 2.45. The summed E-state index contributed by atoms with van der Waals surface area (Å²) in [4.78, 5) is 4.70. The van der Waals surface area contributed by atoms with Crippen molar-refractivity contribution in [3.05, 3.63) is 0 Å². The van der Waals surface area contributed by atoms with Gasteiger partial charge in [0.25, 0.3) is 0 Å². The highest BCUT2D eigenvalue weighted by atomic mass is 16.6. The molecule has 1 N–H and O–H groups in total. The predicted octanol–water partition coefficient (Wildman–Crippen LogP) is 3.46. The molecule has 0 heterocycles. The quantitative estimate of drug-likeness (QED) is 0.493. The van der Waals surface area contributed by atoms with Crippen LogP contribution >= 0.6 is 0 Å². The maximum Gasteiger partial charge on any atom is 0.180 e. The van der Waals surface area contributed by atoms with Gasteiger partial charge in [0.15, 0.2) is 11.7 Å². The molecule has 2 unspecified atom stereocenters. The van der Waals surface area contributed by atoms with E-state index >= 15 is 0 Å². The minimum Gasteiger partial charge on any atom is -0.347 e. The molecule has 5 nitrogen and oxygen atoms in total. The highest BCUT2D eigenvalue weighted by molar-refractivity contribution is 4.87. The monoisotopic (exact) mass is 331 g/mol. The minimum atomic E-state index is -0.508. The molecule has 0 aliphatic heterocycles. The molecule has 23 heavy (non-hydrogen) atoms. The van der Waals surface area contributed by atoms with Crippen LogP contribution in [0.1, 0.15) is 68.2 Å². The van der Waals surface area contributed by atoms with Gasteiger partial charge in [0, 0.05) is 26.1 Å². The number of nitrogens with zero attached hydrogens (tertiary/aromatic N) is 2. The predicted molar refractivity (Wildman–Crippen MR) is 98.3 cm³/mol. The maximum atomic E-state index is 6.27. The van der Waals surface area contributed by atoms with E-state index in [0.717, 1.165) is 39.0 Å². The van der Waals surface area contributed by atoms with Crippen LogP contribution in [0, 0.1) is 0 Å². The Kier molecular flexibility index (Phi) is 11.3. The van der Waals surface area contributed by atoms with Crippen molar-refractivity contribution in [2.45, 2.75) is 79.9 Å². The van der Waals surface area contributed by atoms with Gasteiger partial charge in [0.1, 0.15) is 0 Å². The smallest absolute Gasteiger partial charge is 0.180 e. The van der Waals surface area contributed by atoms with E-state index < -0.39 is 11.7 Å². The fourth-order valence-electron chi connectivity index (χ4n) is 3.49. The average molecular weight is 332 g/mol. The van der Waals surface area contributed by atoms with E-state index in [4.69, 9.17) is 9.47 Å². The van der Waals surface area contributed by atoms with Crippen molar-refractivity contribution in [3.8, 4) is 0 Å². The van der Waals surface area contributed by atoms with Gasteiger partial charge in [-0.25, -0.2) is 5.32 Å². The van der Waals surface area contributed by atoms with Crippen molar-refractivity contribution < 1.29 is 9.47 Å². The zero-order valence-electron chi connectivity index (χ0n) is 16.9. The molecule has 2 atom stereocenters. The maximum absolute atomic E-state index is 6.27. The molecule has 0 bridgehead atoms. The molecule has 5 heteroatoms. The van der Waals surface area contributed by atoms with Crippen LogP contribution < -0.4 is 5.32 Å². The molecular weight excluding hydrogens is 290 g/mol. The largest absolute Gasteiger partial charge is 0.347 e. The third-order valence-corrected chi connectivity index (χ3v) is 4.66. The van der Waals surface area contributed by atoms with E-state index in [0.29, 0.717) is 13.2 Å². The van der Waals surface area contributed by atoms with Crippen molar-refractivity contribution in [1.82, 2.24) is 15.1 Å². The molecule has 0 amide bonds. The fraction of sp³-hybridized carbons (Fsp3) is 1.00. The van der Waals surface area contributed by atoms with Gasteiger partial charge in [-0.2, -0.15) is 0 Å². The van der Waals surface area contributed by atoms with Crippen LogP contribution in [0.15, 0.2) is 0 Å². The lowest BCUT2D eigenvalue weighted by Gasteiger charge is -2.52. The van der Waals surface area contributed by atoms with Gasteiger partial charge in [-0.1, -0.05) is 41.5 Å². The van der Waals surface area contributed by atoms with Crippen LogP contribution in [0.3, 0.4) is 0 Å². The van der Waals surface area contributed by atoms with Gasteiger partial charge in [0.2, 0.25) is 0 Å². The second kappa shape index (κ2) is 11.4. The van der Waals surface area contributed by atoms with Gasteiger partial charge in [0.05, 0.1) is 0 Å². The van der Waals surface area contributed by atoms with Gasteiger partial charge in [-0.3, -0.25) is 9.80 Å². The molecule has 0 saturated heterocycles. The third kappa shape index (κ3) is 5.40. The minimum absolute atomic E-state index is 0.508. The van der Waals surface area contributed by atoms with Crippen molar-refractivity contribution in [1.29, 1.82) is 0 Å². The standard InChI is InChI=1S/C18H41N3O2/c1-9-17(22-15-7,20(11-3)12-4)19-18(10-2,23-16-8)21(13-5)14-6/h19H,9-16H2,1-8H3. The van der Waals surface area contributed by atoms with Gasteiger partial charge >= 0.3 is 0 Å². The van der Waals surface area contributed by atoms with Crippen molar-refractivity contribution >= 4 is 0 Å². The lowest BCUT2D eigenvalue weighted by molar-refractivity contribution is -0.265. The van der Waals surface area contributed by atoms with Gasteiger partial charge < -0.3 is 9.47 Å². The molecular formula is C18H41N3O2. The molecule has 0 spiro atoms. The summed E-state index contributed by atoms with van der Waals surface area (Å²) < 4.78 is 12.5. The summed E-state index contributed by atoms with van der Waals surface area (Å²) in [7, 11) is 0. The Bertz CT molecular complexity index is 268. The van der Waals surface area contributed by atoms with Crippen molar-refractivity contribution in [2.24, 2.45) is 0 Å². The number of hydrogen-bond donors (Lipinski definition) is 1. The van der Waals surface area contributed by atoms with Crippen LogP contribution in [0.4, 0.5) is 0 Å². The number of ether oxygens (including phenoxy) is 2. The normalized spacial score (nSPS) is 17.5. The fourth-order valence-corrected chi connectivity index (χ4v) is 3.49. The van der Waals surface area contributed by atoms with E-state index in [1.165, 1.54) is 0 Å². The Morgan fingerprint density at radius 1 is 0.609 bits per heavy atom. The van der Waals surface area contributed by atoms with Crippen LogP contribution in [0.5, 0.6) is 0 Å². The van der Waals surface area contributed by atoms with E-state index in [1.54, 1.807) is 0 Å². The lowest BCUT2D eigenvalue weighted by atomic mass is 10.1. The second-order valence-corrected chi connectivity index (χ2v) is 5.61. The Morgan fingerprint density at radius 3 is 1.09 bits per heavy atom. The first-order valence-electron chi connectivity index (χ1n) is 9.56. The summed E-state index contributed by atoms with van der Waals surface area (Å²) in [5.41, 5.74) is 0. The molecule has 0 radical (unpaired) electrons. The van der Waals surface area contributed by atoms with Crippen molar-refractivity contribution in [3.63, 3.8) is 0 Å². The first-order valence-corrected chi connectivity index (χ1v) is 9.56. The molecule has 140 valence electrons. The summed E-state index contributed by atoms with van der Waals surface area (Å²) in [6, 6.07) is 0. The zero-order valence-corrected chi connectivity index (χ0v) is 16.9. The SMILES string of the molecule is CCOC(CC)(NC(CC)(OCC)N(CC)CC)N(CC)CC. The highest BCUT2D eigenvalue weighted by Crippen LogP contribution is 2.27. The third-order valence-electron chi connectivity index (χ3n) is 4.66. The van der Waals surface area contributed by atoms with E-state index in [2.05, 4.69) is 70.5 Å².